The number of ether oxygens (including phenoxy) is 1. The first-order valence-corrected chi connectivity index (χ1v) is 9.46. The van der Waals surface area contributed by atoms with Crippen LogP contribution in [0.1, 0.15) is 26.4 Å². The monoisotopic (exact) mass is 379 g/mol. The predicted octanol–water partition coefficient (Wildman–Crippen LogP) is 4.52. The van der Waals surface area contributed by atoms with Gasteiger partial charge < -0.3 is 9.84 Å². The molecule has 138 valence electrons. The second-order valence-electron chi connectivity index (χ2n) is 6.23. The molecule has 0 saturated heterocycles. The van der Waals surface area contributed by atoms with Crippen LogP contribution in [0.3, 0.4) is 0 Å². The predicted molar refractivity (Wildman–Crippen MR) is 109 cm³/mol. The number of nitrogens with zero attached hydrogens (tertiary/aromatic N) is 1. The van der Waals surface area contributed by atoms with Gasteiger partial charge in [-0.3, -0.25) is 4.98 Å². The Hall–Kier alpha value is -2.76. The normalized spacial score (nSPS) is 11.4. The topological polar surface area (TPSA) is 59.4 Å². The summed E-state index contributed by atoms with van der Waals surface area (Å²) in [6.07, 6.45) is 4.33. The molecule has 0 amide bonds. The fraction of sp³-hybridized carbons (Fsp3) is 0.182. The van der Waals surface area contributed by atoms with E-state index in [1.54, 1.807) is 17.8 Å². The Morgan fingerprint density at radius 1 is 1.22 bits per heavy atom. The maximum atomic E-state index is 12.2. The number of carbonyl (C=O) groups is 1. The number of aryl methyl sites for hydroxylation is 1. The van der Waals surface area contributed by atoms with Gasteiger partial charge in [0.15, 0.2) is 0 Å². The maximum Gasteiger partial charge on any atom is 0.338 e. The molecule has 0 fully saturated rings. The van der Waals surface area contributed by atoms with Gasteiger partial charge in [0, 0.05) is 11.1 Å². The van der Waals surface area contributed by atoms with Gasteiger partial charge in [-0.2, -0.15) is 0 Å². The lowest BCUT2D eigenvalue weighted by atomic mass is 9.92. The third kappa shape index (κ3) is 4.51. The first kappa shape index (κ1) is 19.0. The molecule has 0 spiro atoms. The minimum Gasteiger partial charge on any atom is -0.465 e. The Morgan fingerprint density at radius 2 is 2.04 bits per heavy atom. The Labute approximate surface area is 162 Å². The first-order valence-electron chi connectivity index (χ1n) is 8.58. The van der Waals surface area contributed by atoms with Gasteiger partial charge in [0.2, 0.25) is 0 Å². The van der Waals surface area contributed by atoms with Crippen molar-refractivity contribution in [1.29, 1.82) is 0 Å². The second-order valence-corrected chi connectivity index (χ2v) is 7.15. The van der Waals surface area contributed by atoms with Crippen LogP contribution in [-0.4, -0.2) is 29.8 Å². The highest BCUT2D eigenvalue weighted by Gasteiger charge is 2.15. The number of aliphatic hydroxyl groups is 1. The van der Waals surface area contributed by atoms with Gasteiger partial charge in [-0.05, 0) is 59.4 Å². The standard InChI is InChI=1S/C22H21NO3S/c1-15-5-3-4-6-19(15)21-11-16(7-8-20(21)22(25)26-2)9-17(13-24)10-18-12-23-14-27-18/h3-8,10-12,14,24H,9,13H2,1-2H3/b17-10-. The Bertz CT molecular complexity index is 961. The molecule has 1 aromatic heterocycles. The van der Waals surface area contributed by atoms with E-state index in [0.29, 0.717) is 12.0 Å². The number of esters is 1. The number of aromatic nitrogens is 1. The molecule has 0 bridgehead atoms. The van der Waals surface area contributed by atoms with Crippen LogP contribution in [0.4, 0.5) is 0 Å². The van der Waals surface area contributed by atoms with E-state index in [4.69, 9.17) is 4.74 Å². The second kappa shape index (κ2) is 8.75. The summed E-state index contributed by atoms with van der Waals surface area (Å²) >= 11 is 1.53. The summed E-state index contributed by atoms with van der Waals surface area (Å²) in [7, 11) is 1.39. The number of rotatable bonds is 6. The van der Waals surface area contributed by atoms with Gasteiger partial charge in [0.25, 0.3) is 0 Å². The number of benzene rings is 2. The van der Waals surface area contributed by atoms with Crippen LogP contribution in [0.15, 0.2) is 59.7 Å². The minimum absolute atomic E-state index is 0.0314. The summed E-state index contributed by atoms with van der Waals surface area (Å²) in [5.41, 5.74) is 7.13. The number of methoxy groups -OCH3 is 1. The average molecular weight is 379 g/mol. The molecule has 2 aromatic carbocycles. The molecule has 0 radical (unpaired) electrons. The SMILES string of the molecule is COC(=O)c1ccc(C/C(=C/c2cncs2)CO)cc1-c1ccccc1C. The van der Waals surface area contributed by atoms with Crippen LogP contribution in [0.2, 0.25) is 0 Å². The molecule has 0 atom stereocenters. The first-order chi connectivity index (χ1) is 13.1. The van der Waals surface area contributed by atoms with E-state index in [-0.39, 0.29) is 12.6 Å². The number of aliphatic hydroxyl groups excluding tert-OH is 1. The van der Waals surface area contributed by atoms with Crippen LogP contribution in [0.25, 0.3) is 17.2 Å². The summed E-state index contributed by atoms with van der Waals surface area (Å²) in [5.74, 6) is -0.359. The molecule has 1 N–H and O–H groups in total. The van der Waals surface area contributed by atoms with Gasteiger partial charge >= 0.3 is 5.97 Å². The van der Waals surface area contributed by atoms with Gasteiger partial charge in [-0.15, -0.1) is 11.3 Å². The Morgan fingerprint density at radius 3 is 2.70 bits per heavy atom. The molecule has 3 rings (SSSR count). The molecule has 0 saturated carbocycles. The molecule has 3 aromatic rings. The quantitative estimate of drug-likeness (QED) is 0.640. The summed E-state index contributed by atoms with van der Waals surface area (Å²) in [4.78, 5) is 17.3. The maximum absolute atomic E-state index is 12.2. The molecule has 1 heterocycles. The summed E-state index contributed by atoms with van der Waals surface area (Å²) < 4.78 is 4.95. The van der Waals surface area contributed by atoms with Crippen molar-refractivity contribution < 1.29 is 14.6 Å². The third-order valence-corrected chi connectivity index (χ3v) is 5.08. The zero-order valence-corrected chi connectivity index (χ0v) is 16.1. The Balaban J connectivity index is 2.02. The van der Waals surface area contributed by atoms with Crippen molar-refractivity contribution in [2.24, 2.45) is 0 Å². The number of hydrogen-bond donors (Lipinski definition) is 1. The van der Waals surface area contributed by atoms with Crippen molar-refractivity contribution >= 4 is 23.4 Å². The van der Waals surface area contributed by atoms with Crippen molar-refractivity contribution in [3.05, 3.63) is 81.3 Å². The number of hydrogen-bond acceptors (Lipinski definition) is 5. The van der Waals surface area contributed by atoms with E-state index in [2.05, 4.69) is 4.98 Å². The zero-order chi connectivity index (χ0) is 19.2. The van der Waals surface area contributed by atoms with Crippen molar-refractivity contribution in [2.75, 3.05) is 13.7 Å². The third-order valence-electron chi connectivity index (χ3n) is 4.36. The highest BCUT2D eigenvalue weighted by molar-refractivity contribution is 7.10. The van der Waals surface area contributed by atoms with Crippen LogP contribution in [0, 0.1) is 6.92 Å². The van der Waals surface area contributed by atoms with E-state index in [1.165, 1.54) is 18.4 Å². The highest BCUT2D eigenvalue weighted by Crippen LogP contribution is 2.29. The molecule has 0 aliphatic heterocycles. The Kier molecular flexibility index (Phi) is 6.16. The van der Waals surface area contributed by atoms with E-state index >= 15 is 0 Å². The minimum atomic E-state index is -0.359. The fourth-order valence-electron chi connectivity index (χ4n) is 3.00. The smallest absolute Gasteiger partial charge is 0.338 e. The van der Waals surface area contributed by atoms with Crippen molar-refractivity contribution in [2.45, 2.75) is 13.3 Å². The van der Waals surface area contributed by atoms with Gasteiger partial charge in [-0.25, -0.2) is 4.79 Å². The van der Waals surface area contributed by atoms with Crippen molar-refractivity contribution in [3.63, 3.8) is 0 Å². The van der Waals surface area contributed by atoms with Crippen LogP contribution < -0.4 is 0 Å². The lowest BCUT2D eigenvalue weighted by Crippen LogP contribution is -2.05. The van der Waals surface area contributed by atoms with E-state index in [9.17, 15) is 9.90 Å². The summed E-state index contributed by atoms with van der Waals surface area (Å²) in [6, 6.07) is 13.7. The van der Waals surface area contributed by atoms with E-state index in [0.717, 1.165) is 32.7 Å². The molecular weight excluding hydrogens is 358 g/mol. The largest absolute Gasteiger partial charge is 0.465 e. The average Bonchev–Trinajstić information content (AvgIpc) is 3.20. The van der Waals surface area contributed by atoms with E-state index in [1.807, 2.05) is 49.4 Å². The molecule has 0 aliphatic rings. The molecule has 27 heavy (non-hydrogen) atoms. The summed E-state index contributed by atoms with van der Waals surface area (Å²) in [6.45, 7) is 1.99. The van der Waals surface area contributed by atoms with Gasteiger partial charge in [0.05, 0.1) is 24.8 Å². The number of carbonyl (C=O) groups excluding carboxylic acids is 1. The molecule has 4 nitrogen and oxygen atoms in total. The lowest BCUT2D eigenvalue weighted by Gasteiger charge is -2.13. The van der Waals surface area contributed by atoms with Gasteiger partial charge in [0.1, 0.15) is 0 Å². The van der Waals surface area contributed by atoms with Crippen LogP contribution in [-0.2, 0) is 11.2 Å². The van der Waals surface area contributed by atoms with Crippen LogP contribution >= 0.6 is 11.3 Å². The van der Waals surface area contributed by atoms with Gasteiger partial charge in [-0.1, -0.05) is 30.3 Å². The molecular formula is C22H21NO3S. The van der Waals surface area contributed by atoms with Crippen LogP contribution in [0.5, 0.6) is 0 Å². The number of thiazole rings is 1. The van der Waals surface area contributed by atoms with Crippen molar-refractivity contribution in [3.8, 4) is 11.1 Å². The van der Waals surface area contributed by atoms with E-state index < -0.39 is 0 Å². The molecule has 0 unspecified atom stereocenters. The highest BCUT2D eigenvalue weighted by atomic mass is 32.1. The molecule has 5 heteroatoms. The zero-order valence-electron chi connectivity index (χ0n) is 15.3. The molecule has 0 aliphatic carbocycles. The summed E-state index contributed by atoms with van der Waals surface area (Å²) in [5, 5.41) is 9.74. The van der Waals surface area contributed by atoms with Crippen molar-refractivity contribution in [1.82, 2.24) is 4.98 Å². The lowest BCUT2D eigenvalue weighted by molar-refractivity contribution is 0.0601. The fourth-order valence-corrected chi connectivity index (χ4v) is 3.60.